The van der Waals surface area contributed by atoms with Gasteiger partial charge in [-0.3, -0.25) is 9.48 Å². The Kier molecular flexibility index (Phi) is 3.14. The molecule has 1 spiro atoms. The molecule has 1 aliphatic carbocycles. The summed E-state index contributed by atoms with van der Waals surface area (Å²) in [6.07, 6.45) is 2.93. The number of aryl methyl sites for hydroxylation is 1. The Morgan fingerprint density at radius 2 is 2.09 bits per heavy atom. The first-order chi connectivity index (χ1) is 11.1. The minimum Gasteiger partial charge on any atom is -0.473 e. The fourth-order valence-electron chi connectivity index (χ4n) is 3.73. The van der Waals surface area contributed by atoms with Gasteiger partial charge in [-0.25, -0.2) is 4.39 Å². The van der Waals surface area contributed by atoms with E-state index in [1.807, 2.05) is 0 Å². The first-order valence-electron chi connectivity index (χ1n) is 7.74. The van der Waals surface area contributed by atoms with Crippen LogP contribution in [0.25, 0.3) is 11.3 Å². The van der Waals surface area contributed by atoms with Crippen molar-refractivity contribution in [3.05, 3.63) is 36.1 Å². The minimum atomic E-state index is -0.270. The van der Waals surface area contributed by atoms with Crippen molar-refractivity contribution >= 4 is 6.41 Å². The van der Waals surface area contributed by atoms with Crippen molar-refractivity contribution in [2.75, 3.05) is 13.1 Å². The molecule has 1 aliphatic heterocycles. The summed E-state index contributed by atoms with van der Waals surface area (Å²) in [4.78, 5) is 12.4. The summed E-state index contributed by atoms with van der Waals surface area (Å²) in [6, 6.07) is 8.42. The molecule has 0 radical (unpaired) electrons. The van der Waals surface area contributed by atoms with Gasteiger partial charge in [0.2, 0.25) is 12.3 Å². The van der Waals surface area contributed by atoms with E-state index in [0.717, 1.165) is 32.3 Å². The molecule has 1 aromatic carbocycles. The Morgan fingerprint density at radius 1 is 1.35 bits per heavy atom. The number of benzene rings is 1. The van der Waals surface area contributed by atoms with Crippen LogP contribution in [0.5, 0.6) is 5.88 Å². The summed E-state index contributed by atoms with van der Waals surface area (Å²) in [5.41, 5.74) is 1.47. The van der Waals surface area contributed by atoms with E-state index in [9.17, 15) is 9.18 Å². The molecular weight excluding hydrogens is 297 g/mol. The molecule has 2 aliphatic rings. The lowest BCUT2D eigenvalue weighted by atomic mass is 9.62. The third kappa shape index (κ3) is 2.38. The molecule has 0 unspecified atom stereocenters. The molecule has 0 N–H and O–H groups in total. The molecule has 1 amide bonds. The maximum absolute atomic E-state index is 13.9. The van der Waals surface area contributed by atoms with Gasteiger partial charge in [-0.2, -0.15) is 0 Å². The van der Waals surface area contributed by atoms with E-state index in [0.29, 0.717) is 17.1 Å². The number of hydrogen-bond donors (Lipinski definition) is 0. The van der Waals surface area contributed by atoms with Gasteiger partial charge in [-0.15, -0.1) is 5.10 Å². The number of halogens is 1. The van der Waals surface area contributed by atoms with Crippen molar-refractivity contribution in [2.45, 2.75) is 18.9 Å². The zero-order valence-electron chi connectivity index (χ0n) is 12.9. The number of carbonyl (C=O) groups is 1. The SMILES string of the molecule is Cn1nc(OC2CC3(C2)CN(C=O)C3)cc1-c1ccccc1F. The zero-order valence-corrected chi connectivity index (χ0v) is 12.9. The Balaban J connectivity index is 1.43. The zero-order chi connectivity index (χ0) is 16.0. The van der Waals surface area contributed by atoms with Crippen LogP contribution in [0.3, 0.4) is 0 Å². The Labute approximate surface area is 133 Å². The average molecular weight is 315 g/mol. The monoisotopic (exact) mass is 315 g/mol. The van der Waals surface area contributed by atoms with Crippen LogP contribution in [0, 0.1) is 11.2 Å². The van der Waals surface area contributed by atoms with Gasteiger partial charge in [0.25, 0.3) is 0 Å². The van der Waals surface area contributed by atoms with E-state index in [4.69, 9.17) is 4.74 Å². The van der Waals surface area contributed by atoms with Crippen LogP contribution in [0.1, 0.15) is 12.8 Å². The lowest BCUT2D eigenvalue weighted by Gasteiger charge is -2.57. The largest absolute Gasteiger partial charge is 0.473 e. The molecule has 1 saturated carbocycles. The van der Waals surface area contributed by atoms with Gasteiger partial charge in [0, 0.05) is 37.2 Å². The summed E-state index contributed by atoms with van der Waals surface area (Å²) in [5, 5.41) is 4.33. The highest BCUT2D eigenvalue weighted by Gasteiger charge is 2.53. The van der Waals surface area contributed by atoms with Gasteiger partial charge < -0.3 is 9.64 Å². The van der Waals surface area contributed by atoms with Gasteiger partial charge in [-0.1, -0.05) is 12.1 Å². The second-order valence-corrected chi connectivity index (χ2v) is 6.63. The summed E-state index contributed by atoms with van der Waals surface area (Å²) in [7, 11) is 1.78. The first-order valence-corrected chi connectivity index (χ1v) is 7.74. The molecule has 1 saturated heterocycles. The van der Waals surface area contributed by atoms with Gasteiger partial charge >= 0.3 is 0 Å². The number of aromatic nitrogens is 2. The third-order valence-corrected chi connectivity index (χ3v) is 4.84. The Morgan fingerprint density at radius 3 is 2.78 bits per heavy atom. The molecule has 0 bridgehead atoms. The molecule has 5 nitrogen and oxygen atoms in total. The maximum Gasteiger partial charge on any atom is 0.233 e. The molecule has 120 valence electrons. The molecule has 2 heterocycles. The van der Waals surface area contributed by atoms with Gasteiger partial charge in [-0.05, 0) is 25.0 Å². The van der Waals surface area contributed by atoms with Crippen LogP contribution in [-0.2, 0) is 11.8 Å². The lowest BCUT2D eigenvalue weighted by Crippen LogP contribution is -2.64. The topological polar surface area (TPSA) is 47.4 Å². The van der Waals surface area contributed by atoms with Crippen molar-refractivity contribution in [1.29, 1.82) is 0 Å². The number of carbonyl (C=O) groups excluding carboxylic acids is 1. The summed E-state index contributed by atoms with van der Waals surface area (Å²) in [5.74, 6) is 0.255. The Hall–Kier alpha value is -2.37. The van der Waals surface area contributed by atoms with Crippen LogP contribution >= 0.6 is 0 Å². The van der Waals surface area contributed by atoms with Gasteiger partial charge in [0.1, 0.15) is 11.9 Å². The standard InChI is InChI=1S/C17H18FN3O2/c1-20-15(13-4-2-3-5-14(13)18)6-16(19-20)23-12-7-17(8-12)9-21(10-17)11-22/h2-6,11-12H,7-10H2,1H3. The highest BCUT2D eigenvalue weighted by molar-refractivity contribution is 5.61. The molecule has 1 aromatic heterocycles. The van der Waals surface area contributed by atoms with Gasteiger partial charge in [0.05, 0.1) is 5.69 Å². The highest BCUT2D eigenvalue weighted by atomic mass is 19.1. The quantitative estimate of drug-likeness (QED) is 0.813. The molecule has 4 rings (SSSR count). The van der Waals surface area contributed by atoms with E-state index in [1.54, 1.807) is 40.9 Å². The molecule has 23 heavy (non-hydrogen) atoms. The fraction of sp³-hybridized carbons (Fsp3) is 0.412. The molecule has 6 heteroatoms. The number of likely N-dealkylation sites (tertiary alicyclic amines) is 1. The normalized spacial score (nSPS) is 19.3. The van der Waals surface area contributed by atoms with Gasteiger partial charge in [0.15, 0.2) is 0 Å². The van der Waals surface area contributed by atoms with Crippen LogP contribution in [0.15, 0.2) is 30.3 Å². The van der Waals surface area contributed by atoms with E-state index < -0.39 is 0 Å². The van der Waals surface area contributed by atoms with E-state index in [-0.39, 0.29) is 17.3 Å². The third-order valence-electron chi connectivity index (χ3n) is 4.84. The molecule has 2 fully saturated rings. The smallest absolute Gasteiger partial charge is 0.233 e. The van der Waals surface area contributed by atoms with E-state index in [2.05, 4.69) is 5.10 Å². The fourth-order valence-corrected chi connectivity index (χ4v) is 3.73. The van der Waals surface area contributed by atoms with Crippen molar-refractivity contribution in [1.82, 2.24) is 14.7 Å². The molecular formula is C17H18FN3O2. The van der Waals surface area contributed by atoms with E-state index in [1.165, 1.54) is 6.07 Å². The highest BCUT2D eigenvalue weighted by Crippen LogP contribution is 2.49. The average Bonchev–Trinajstić information content (AvgIpc) is 2.81. The predicted molar refractivity (Wildman–Crippen MR) is 82.3 cm³/mol. The second-order valence-electron chi connectivity index (χ2n) is 6.63. The summed E-state index contributed by atoms with van der Waals surface area (Å²) >= 11 is 0. The minimum absolute atomic E-state index is 0.132. The number of hydrogen-bond acceptors (Lipinski definition) is 3. The van der Waals surface area contributed by atoms with E-state index >= 15 is 0 Å². The number of amides is 1. The first kappa shape index (κ1) is 14.2. The maximum atomic E-state index is 13.9. The van der Waals surface area contributed by atoms with Crippen molar-refractivity contribution in [2.24, 2.45) is 12.5 Å². The number of ether oxygens (including phenoxy) is 1. The predicted octanol–water partition coefficient (Wildman–Crippen LogP) is 2.23. The van der Waals surface area contributed by atoms with Crippen molar-refractivity contribution < 1.29 is 13.9 Å². The molecule has 0 atom stereocenters. The summed E-state index contributed by atoms with van der Waals surface area (Å²) < 4.78 is 21.5. The van der Waals surface area contributed by atoms with Crippen molar-refractivity contribution in [3.63, 3.8) is 0 Å². The Bertz CT molecular complexity index is 744. The van der Waals surface area contributed by atoms with Crippen LogP contribution < -0.4 is 4.74 Å². The van der Waals surface area contributed by atoms with Crippen LogP contribution in [-0.4, -0.2) is 40.3 Å². The lowest BCUT2D eigenvalue weighted by molar-refractivity contribution is -0.147. The molecule has 2 aromatic rings. The van der Waals surface area contributed by atoms with Crippen LogP contribution in [0.4, 0.5) is 4.39 Å². The van der Waals surface area contributed by atoms with Crippen LogP contribution in [0.2, 0.25) is 0 Å². The summed E-state index contributed by atoms with van der Waals surface area (Å²) in [6.45, 7) is 1.66. The number of rotatable bonds is 4. The number of nitrogens with zero attached hydrogens (tertiary/aromatic N) is 3. The second kappa shape index (κ2) is 5.08. The van der Waals surface area contributed by atoms with Crippen molar-refractivity contribution in [3.8, 4) is 17.1 Å².